The van der Waals surface area contributed by atoms with Crippen LogP contribution in [0.4, 0.5) is 0 Å². The van der Waals surface area contributed by atoms with Gasteiger partial charge >= 0.3 is 5.97 Å². The molecule has 0 saturated carbocycles. The average Bonchev–Trinajstić information content (AvgIpc) is 2.66. The Kier molecular flexibility index (Phi) is 4.63. The fraction of sp³-hybridized carbons (Fsp3) is 0.143. The minimum absolute atomic E-state index is 0.0359. The summed E-state index contributed by atoms with van der Waals surface area (Å²) in [6.07, 6.45) is 0.862. The van der Waals surface area contributed by atoms with Crippen LogP contribution in [0.5, 0.6) is 11.5 Å². The number of carbonyl (C=O) groups is 2. The van der Waals surface area contributed by atoms with E-state index in [1.54, 1.807) is 12.1 Å². The van der Waals surface area contributed by atoms with Gasteiger partial charge in [-0.15, -0.1) is 0 Å². The zero-order chi connectivity index (χ0) is 18.8. The number of aromatic hydroxyl groups is 1. The number of carboxylic acids is 1. The molecule has 3 aromatic carbocycles. The summed E-state index contributed by atoms with van der Waals surface area (Å²) in [6, 6.07) is 13.2. The minimum atomic E-state index is -1.24. The molecule has 0 heterocycles. The second-order valence-corrected chi connectivity index (χ2v) is 5.89. The molecule has 3 aromatic rings. The van der Waals surface area contributed by atoms with Crippen molar-refractivity contribution in [2.75, 3.05) is 7.11 Å². The van der Waals surface area contributed by atoms with Crippen molar-refractivity contribution in [1.82, 2.24) is 0 Å². The van der Waals surface area contributed by atoms with Crippen LogP contribution in [0, 0.1) is 0 Å². The molecule has 5 heteroatoms. The van der Waals surface area contributed by atoms with E-state index in [1.165, 1.54) is 31.4 Å². The van der Waals surface area contributed by atoms with E-state index in [4.69, 9.17) is 4.74 Å². The molecule has 5 nitrogen and oxygen atoms in total. The molecule has 2 N–H and O–H groups in total. The SMILES string of the molecule is CCc1ccc2c(O)c(C(=O)c3c(OC)cccc3C(=O)O)ccc2c1. The molecule has 132 valence electrons. The average molecular weight is 350 g/mol. The predicted octanol–water partition coefficient (Wildman–Crippen LogP) is 4.05. The van der Waals surface area contributed by atoms with Gasteiger partial charge in [0.15, 0.2) is 0 Å². The van der Waals surface area contributed by atoms with E-state index in [-0.39, 0.29) is 28.2 Å². The molecule has 0 aliphatic carbocycles. The fourth-order valence-electron chi connectivity index (χ4n) is 3.01. The predicted molar refractivity (Wildman–Crippen MR) is 98.4 cm³/mol. The number of phenolic OH excluding ortho intramolecular Hbond substituents is 1. The highest BCUT2D eigenvalue weighted by Crippen LogP contribution is 2.34. The van der Waals surface area contributed by atoms with Gasteiger partial charge in [0.05, 0.1) is 23.8 Å². The number of hydrogen-bond donors (Lipinski definition) is 2. The van der Waals surface area contributed by atoms with E-state index in [2.05, 4.69) is 0 Å². The first-order valence-electron chi connectivity index (χ1n) is 8.17. The number of aromatic carboxylic acids is 1. The van der Waals surface area contributed by atoms with Gasteiger partial charge < -0.3 is 14.9 Å². The summed E-state index contributed by atoms with van der Waals surface area (Å²) >= 11 is 0. The van der Waals surface area contributed by atoms with Crippen molar-refractivity contribution >= 4 is 22.5 Å². The third-order valence-electron chi connectivity index (χ3n) is 4.41. The van der Waals surface area contributed by atoms with Crippen molar-refractivity contribution in [2.45, 2.75) is 13.3 Å². The Balaban J connectivity index is 2.20. The van der Waals surface area contributed by atoms with Gasteiger partial charge in [0, 0.05) is 5.39 Å². The fourth-order valence-corrected chi connectivity index (χ4v) is 3.01. The molecule has 0 radical (unpaired) electrons. The zero-order valence-electron chi connectivity index (χ0n) is 14.4. The van der Waals surface area contributed by atoms with Crippen molar-refractivity contribution in [3.8, 4) is 11.5 Å². The molecular weight excluding hydrogens is 332 g/mol. The summed E-state index contributed by atoms with van der Waals surface area (Å²) in [5.74, 6) is -1.85. The maximum atomic E-state index is 13.0. The number of methoxy groups -OCH3 is 1. The van der Waals surface area contributed by atoms with Gasteiger partial charge in [0.25, 0.3) is 0 Å². The second kappa shape index (κ2) is 6.88. The van der Waals surface area contributed by atoms with Crippen molar-refractivity contribution in [1.29, 1.82) is 0 Å². The summed E-state index contributed by atoms with van der Waals surface area (Å²) in [6.45, 7) is 2.04. The van der Waals surface area contributed by atoms with Crippen LogP contribution in [0.15, 0.2) is 48.5 Å². The number of benzene rings is 3. The van der Waals surface area contributed by atoms with Crippen molar-refractivity contribution in [2.24, 2.45) is 0 Å². The third-order valence-corrected chi connectivity index (χ3v) is 4.41. The Morgan fingerprint density at radius 1 is 1.04 bits per heavy atom. The lowest BCUT2D eigenvalue weighted by atomic mass is 9.94. The van der Waals surface area contributed by atoms with Crippen LogP contribution in [0.25, 0.3) is 10.8 Å². The largest absolute Gasteiger partial charge is 0.507 e. The molecule has 0 atom stereocenters. The van der Waals surface area contributed by atoms with Crippen LogP contribution in [-0.2, 0) is 6.42 Å². The second-order valence-electron chi connectivity index (χ2n) is 5.89. The van der Waals surface area contributed by atoms with Crippen LogP contribution in [0.2, 0.25) is 0 Å². The number of carboxylic acid groups (broad SMARTS) is 1. The molecule has 3 rings (SSSR count). The van der Waals surface area contributed by atoms with Crippen LogP contribution < -0.4 is 4.74 Å². The van der Waals surface area contributed by atoms with Gasteiger partial charge in [-0.05, 0) is 35.6 Å². The molecule has 0 fully saturated rings. The molecule has 0 aromatic heterocycles. The smallest absolute Gasteiger partial charge is 0.336 e. The van der Waals surface area contributed by atoms with Crippen LogP contribution in [-0.4, -0.2) is 29.1 Å². The number of hydrogen-bond acceptors (Lipinski definition) is 4. The van der Waals surface area contributed by atoms with Crippen molar-refractivity contribution in [3.63, 3.8) is 0 Å². The van der Waals surface area contributed by atoms with E-state index in [0.717, 1.165) is 17.4 Å². The summed E-state index contributed by atoms with van der Waals surface area (Å²) in [4.78, 5) is 24.6. The van der Waals surface area contributed by atoms with Gasteiger partial charge in [-0.1, -0.05) is 37.3 Å². The first-order valence-corrected chi connectivity index (χ1v) is 8.17. The number of phenols is 1. The Bertz CT molecular complexity index is 1020. The Labute approximate surface area is 150 Å². The summed E-state index contributed by atoms with van der Waals surface area (Å²) in [7, 11) is 1.37. The third kappa shape index (κ3) is 2.88. The van der Waals surface area contributed by atoms with E-state index < -0.39 is 11.8 Å². The molecule has 0 saturated heterocycles. The van der Waals surface area contributed by atoms with Crippen molar-refractivity contribution < 1.29 is 24.5 Å². The molecule has 26 heavy (non-hydrogen) atoms. The van der Waals surface area contributed by atoms with Gasteiger partial charge in [-0.25, -0.2) is 4.79 Å². The highest BCUT2D eigenvalue weighted by molar-refractivity contribution is 6.18. The normalized spacial score (nSPS) is 10.7. The summed E-state index contributed by atoms with van der Waals surface area (Å²) < 4.78 is 5.17. The molecule has 0 amide bonds. The number of carbonyl (C=O) groups excluding carboxylic acids is 1. The van der Waals surface area contributed by atoms with Gasteiger partial charge in [-0.3, -0.25) is 4.79 Å². The van der Waals surface area contributed by atoms with Gasteiger partial charge in [-0.2, -0.15) is 0 Å². The highest BCUT2D eigenvalue weighted by Gasteiger charge is 2.25. The number of fused-ring (bicyclic) bond motifs is 1. The quantitative estimate of drug-likeness (QED) is 0.678. The van der Waals surface area contributed by atoms with Crippen LogP contribution >= 0.6 is 0 Å². The molecule has 0 aliphatic heterocycles. The zero-order valence-corrected chi connectivity index (χ0v) is 14.4. The molecule has 0 aliphatic rings. The number of ketones is 1. The molecule has 0 unspecified atom stereocenters. The van der Waals surface area contributed by atoms with E-state index in [9.17, 15) is 19.8 Å². The standard InChI is InChI=1S/C21H18O5/c1-3-12-7-9-14-13(11-12)8-10-16(19(14)22)20(23)18-15(21(24)25)5-4-6-17(18)26-2/h4-11,22H,3H2,1-2H3,(H,24,25). The topological polar surface area (TPSA) is 83.8 Å². The molecular formula is C21H18O5. The van der Waals surface area contributed by atoms with E-state index in [0.29, 0.717) is 5.39 Å². The lowest BCUT2D eigenvalue weighted by Crippen LogP contribution is -2.12. The van der Waals surface area contributed by atoms with Gasteiger partial charge in [0.1, 0.15) is 11.5 Å². The van der Waals surface area contributed by atoms with Crippen molar-refractivity contribution in [3.05, 3.63) is 70.8 Å². The maximum Gasteiger partial charge on any atom is 0.336 e. The minimum Gasteiger partial charge on any atom is -0.507 e. The Hall–Kier alpha value is -3.34. The van der Waals surface area contributed by atoms with E-state index in [1.807, 2.05) is 19.1 Å². The molecule has 0 spiro atoms. The first kappa shape index (κ1) is 17.5. The number of ether oxygens (including phenoxy) is 1. The lowest BCUT2D eigenvalue weighted by Gasteiger charge is -2.13. The number of rotatable bonds is 5. The Morgan fingerprint density at radius 3 is 2.46 bits per heavy atom. The van der Waals surface area contributed by atoms with Crippen LogP contribution in [0.1, 0.15) is 38.8 Å². The number of aryl methyl sites for hydroxylation is 1. The first-order chi connectivity index (χ1) is 12.5. The monoisotopic (exact) mass is 350 g/mol. The van der Waals surface area contributed by atoms with Crippen LogP contribution in [0.3, 0.4) is 0 Å². The summed E-state index contributed by atoms with van der Waals surface area (Å²) in [5, 5.41) is 21.4. The Morgan fingerprint density at radius 2 is 1.81 bits per heavy atom. The maximum absolute atomic E-state index is 13.0. The summed E-state index contributed by atoms with van der Waals surface area (Å²) in [5.41, 5.74) is 0.903. The lowest BCUT2D eigenvalue weighted by molar-refractivity contribution is 0.0692. The van der Waals surface area contributed by atoms with E-state index >= 15 is 0 Å². The highest BCUT2D eigenvalue weighted by atomic mass is 16.5. The molecule has 0 bridgehead atoms. The van der Waals surface area contributed by atoms with Gasteiger partial charge in [0.2, 0.25) is 5.78 Å².